The van der Waals surface area contributed by atoms with Crippen molar-refractivity contribution in [3.8, 4) is 0 Å². The van der Waals surface area contributed by atoms with Crippen molar-refractivity contribution in [2.45, 2.75) is 26.7 Å². The molecule has 0 radical (unpaired) electrons. The summed E-state index contributed by atoms with van der Waals surface area (Å²) >= 11 is 0. The Morgan fingerprint density at radius 3 is 2.58 bits per heavy atom. The zero-order valence-corrected chi connectivity index (χ0v) is 11.4. The largest absolute Gasteiger partial charge is 0.353 e. The highest BCUT2D eigenvalue weighted by Crippen LogP contribution is 2.12. The van der Waals surface area contributed by atoms with Crippen LogP contribution in [0.1, 0.15) is 29.8 Å². The van der Waals surface area contributed by atoms with E-state index in [0.717, 1.165) is 0 Å². The number of ketones is 1. The fraction of sp³-hybridized carbons (Fsp3) is 0.429. The molecule has 0 aliphatic carbocycles. The topological polar surface area (TPSA) is 64.6 Å². The molecule has 0 aromatic heterocycles. The number of benzene rings is 1. The molecule has 5 heteroatoms. The van der Waals surface area contributed by atoms with Crippen molar-refractivity contribution in [3.63, 3.8) is 0 Å². The van der Waals surface area contributed by atoms with Crippen molar-refractivity contribution in [1.82, 2.24) is 5.32 Å². The fourth-order valence-corrected chi connectivity index (χ4v) is 1.59. The summed E-state index contributed by atoms with van der Waals surface area (Å²) in [4.78, 5) is 23.2. The molecular weight excluding hydrogens is 246 g/mol. The van der Waals surface area contributed by atoms with E-state index in [9.17, 15) is 9.59 Å². The first kappa shape index (κ1) is 15.3. The predicted octanol–water partition coefficient (Wildman–Crippen LogP) is 1.51. The van der Waals surface area contributed by atoms with E-state index in [4.69, 9.17) is 9.47 Å². The van der Waals surface area contributed by atoms with Gasteiger partial charge in [0.05, 0.1) is 6.61 Å². The molecule has 1 aromatic rings. The highest BCUT2D eigenvalue weighted by Gasteiger charge is 2.18. The molecule has 1 amide bonds. The first-order valence-electron chi connectivity index (χ1n) is 6.17. The summed E-state index contributed by atoms with van der Waals surface area (Å²) in [6, 6.07) is 6.88. The van der Waals surface area contributed by atoms with Crippen molar-refractivity contribution in [3.05, 3.63) is 35.4 Å². The van der Waals surface area contributed by atoms with Gasteiger partial charge in [0.25, 0.3) is 11.7 Å². The number of ether oxygens (including phenoxy) is 2. The van der Waals surface area contributed by atoms with Crippen molar-refractivity contribution >= 4 is 11.7 Å². The Hall–Kier alpha value is -1.72. The summed E-state index contributed by atoms with van der Waals surface area (Å²) in [5.74, 6) is -1.20. The van der Waals surface area contributed by atoms with Crippen molar-refractivity contribution < 1.29 is 19.1 Å². The van der Waals surface area contributed by atoms with Gasteiger partial charge in [-0.2, -0.15) is 0 Å². The van der Waals surface area contributed by atoms with Gasteiger partial charge in [0.1, 0.15) is 0 Å². The summed E-state index contributed by atoms with van der Waals surface area (Å²) in [5.41, 5.74) is 1.02. The minimum absolute atomic E-state index is 0.222. The van der Waals surface area contributed by atoms with Gasteiger partial charge in [0.2, 0.25) is 0 Å². The molecule has 0 spiro atoms. The van der Waals surface area contributed by atoms with E-state index in [1.807, 2.05) is 6.92 Å². The molecule has 0 bridgehead atoms. The molecule has 0 heterocycles. The Morgan fingerprint density at radius 1 is 1.26 bits per heavy atom. The zero-order valence-electron chi connectivity index (χ0n) is 11.4. The third kappa shape index (κ3) is 4.46. The Labute approximate surface area is 112 Å². The molecule has 0 saturated carbocycles. The van der Waals surface area contributed by atoms with E-state index < -0.39 is 11.7 Å². The average molecular weight is 265 g/mol. The molecule has 0 aliphatic rings. The summed E-state index contributed by atoms with van der Waals surface area (Å²) in [6.45, 7) is 4.44. The van der Waals surface area contributed by atoms with E-state index in [-0.39, 0.29) is 12.9 Å². The first-order chi connectivity index (χ1) is 9.10. The average Bonchev–Trinajstić information content (AvgIpc) is 2.44. The molecule has 0 saturated heterocycles. The number of carbonyl (C=O) groups excluding carboxylic acids is 2. The van der Waals surface area contributed by atoms with Crippen LogP contribution in [-0.4, -0.2) is 31.6 Å². The Balaban J connectivity index is 2.79. The predicted molar refractivity (Wildman–Crippen MR) is 70.7 cm³/mol. The second-order valence-electron chi connectivity index (χ2n) is 3.90. The van der Waals surface area contributed by atoms with E-state index in [1.54, 1.807) is 31.2 Å². The lowest BCUT2D eigenvalue weighted by Gasteiger charge is -2.14. The summed E-state index contributed by atoms with van der Waals surface area (Å²) in [5, 5.41) is 2.32. The van der Waals surface area contributed by atoms with Gasteiger partial charge in [-0.1, -0.05) is 24.3 Å². The molecule has 0 fully saturated rings. The Bertz CT molecular complexity index is 445. The number of hydrogen-bond acceptors (Lipinski definition) is 4. The van der Waals surface area contributed by atoms with Crippen LogP contribution in [0.3, 0.4) is 0 Å². The maximum absolute atomic E-state index is 11.9. The fourth-order valence-electron chi connectivity index (χ4n) is 1.59. The highest BCUT2D eigenvalue weighted by molar-refractivity contribution is 6.43. The number of nitrogens with one attached hydrogen (secondary N) is 1. The second-order valence-corrected chi connectivity index (χ2v) is 3.90. The van der Waals surface area contributed by atoms with Crippen LogP contribution in [0.15, 0.2) is 24.3 Å². The number of rotatable bonds is 7. The molecule has 0 aliphatic heterocycles. The van der Waals surface area contributed by atoms with E-state index in [0.29, 0.717) is 17.7 Å². The third-order valence-electron chi connectivity index (χ3n) is 2.57. The van der Waals surface area contributed by atoms with Crippen LogP contribution in [-0.2, 0) is 20.9 Å². The Kier molecular flexibility index (Phi) is 6.18. The lowest BCUT2D eigenvalue weighted by atomic mass is 10.0. The van der Waals surface area contributed by atoms with Gasteiger partial charge in [-0.15, -0.1) is 0 Å². The van der Waals surface area contributed by atoms with E-state index >= 15 is 0 Å². The summed E-state index contributed by atoms with van der Waals surface area (Å²) in [7, 11) is 1.43. The minimum atomic E-state index is -0.634. The quantitative estimate of drug-likeness (QED) is 0.461. The highest BCUT2D eigenvalue weighted by atomic mass is 16.7. The van der Waals surface area contributed by atoms with Crippen molar-refractivity contribution in [2.24, 2.45) is 0 Å². The summed E-state index contributed by atoms with van der Waals surface area (Å²) < 4.78 is 10.7. The Morgan fingerprint density at radius 2 is 1.95 bits per heavy atom. The second kappa shape index (κ2) is 7.66. The van der Waals surface area contributed by atoms with Crippen molar-refractivity contribution in [2.75, 3.05) is 13.7 Å². The standard InChI is InChI=1S/C14H19NO4/c1-4-18-10(2)19-9-11-7-5-6-8-12(11)13(16)14(17)15-3/h5-8,10H,4,9H2,1-3H3,(H,15,17). The molecular formula is C14H19NO4. The molecule has 1 N–H and O–H groups in total. The third-order valence-corrected chi connectivity index (χ3v) is 2.57. The lowest BCUT2D eigenvalue weighted by molar-refractivity contribution is -0.134. The number of Topliss-reactive ketones (excluding diaryl/α,β-unsaturated/α-hetero) is 1. The maximum atomic E-state index is 11.9. The number of carbonyl (C=O) groups is 2. The smallest absolute Gasteiger partial charge is 0.292 e. The van der Waals surface area contributed by atoms with Crippen molar-refractivity contribution in [1.29, 1.82) is 0 Å². The number of likely N-dealkylation sites (N-methyl/N-ethyl adjacent to an activating group) is 1. The molecule has 19 heavy (non-hydrogen) atoms. The van der Waals surface area contributed by atoms with Crippen LogP contribution in [0.2, 0.25) is 0 Å². The summed E-state index contributed by atoms with van der Waals surface area (Å²) in [6.07, 6.45) is -0.354. The number of hydrogen-bond donors (Lipinski definition) is 1. The monoisotopic (exact) mass is 265 g/mol. The zero-order chi connectivity index (χ0) is 14.3. The van der Waals surface area contributed by atoms with E-state index in [2.05, 4.69) is 5.32 Å². The van der Waals surface area contributed by atoms with E-state index in [1.165, 1.54) is 7.05 Å². The van der Waals surface area contributed by atoms with Crippen LogP contribution >= 0.6 is 0 Å². The molecule has 1 atom stereocenters. The molecule has 104 valence electrons. The first-order valence-corrected chi connectivity index (χ1v) is 6.17. The van der Waals surface area contributed by atoms with Crippen LogP contribution < -0.4 is 5.32 Å². The molecule has 1 unspecified atom stereocenters. The van der Waals surface area contributed by atoms with Gasteiger partial charge >= 0.3 is 0 Å². The van der Waals surface area contributed by atoms with Gasteiger partial charge < -0.3 is 14.8 Å². The maximum Gasteiger partial charge on any atom is 0.292 e. The lowest BCUT2D eigenvalue weighted by Crippen LogP contribution is -2.28. The van der Waals surface area contributed by atoms with Crippen LogP contribution in [0, 0.1) is 0 Å². The van der Waals surface area contributed by atoms with Gasteiger partial charge in [0, 0.05) is 19.2 Å². The van der Waals surface area contributed by atoms with Crippen LogP contribution in [0.25, 0.3) is 0 Å². The normalized spacial score (nSPS) is 11.9. The van der Waals surface area contributed by atoms with Gasteiger partial charge in [0.15, 0.2) is 6.29 Å². The molecule has 5 nitrogen and oxygen atoms in total. The molecule has 1 aromatic carbocycles. The SMILES string of the molecule is CCOC(C)OCc1ccccc1C(=O)C(=O)NC. The minimum Gasteiger partial charge on any atom is -0.353 e. The molecule has 1 rings (SSSR count). The van der Waals surface area contributed by atoms with Gasteiger partial charge in [-0.25, -0.2) is 0 Å². The van der Waals surface area contributed by atoms with Crippen LogP contribution in [0.4, 0.5) is 0 Å². The van der Waals surface area contributed by atoms with Crippen LogP contribution in [0.5, 0.6) is 0 Å². The van der Waals surface area contributed by atoms with Gasteiger partial charge in [-0.05, 0) is 19.4 Å². The van der Waals surface area contributed by atoms with Gasteiger partial charge in [-0.3, -0.25) is 9.59 Å². The number of amides is 1.